The lowest BCUT2D eigenvalue weighted by molar-refractivity contribution is -0.162. The molecule has 2 N–H and O–H groups in total. The Balaban J connectivity index is 2.87. The lowest BCUT2D eigenvalue weighted by Crippen LogP contribution is -2.55. The van der Waals surface area contributed by atoms with Crippen molar-refractivity contribution in [3.05, 3.63) is 0 Å². The maximum atomic E-state index is 13.2. The Labute approximate surface area is 182 Å². The van der Waals surface area contributed by atoms with Gasteiger partial charge >= 0.3 is 5.97 Å². The number of unbranched alkanes of at least 4 members (excludes halogenated alkanes) is 3. The van der Waals surface area contributed by atoms with Gasteiger partial charge in [-0.15, -0.1) is 0 Å². The zero-order valence-electron chi connectivity index (χ0n) is 20.1. The Morgan fingerprint density at radius 3 is 2.03 bits per heavy atom. The Bertz CT molecular complexity index is 595. The number of carbonyl (C=O) groups is 3. The molecule has 0 radical (unpaired) electrons. The first-order chi connectivity index (χ1) is 13.8. The highest BCUT2D eigenvalue weighted by Crippen LogP contribution is 2.31. The monoisotopic (exact) mass is 426 g/mol. The van der Waals surface area contributed by atoms with E-state index in [2.05, 4.69) is 24.5 Å². The molecule has 1 rings (SSSR count). The van der Waals surface area contributed by atoms with Gasteiger partial charge in [-0.2, -0.15) is 0 Å². The van der Waals surface area contributed by atoms with Gasteiger partial charge in [0.1, 0.15) is 6.04 Å². The van der Waals surface area contributed by atoms with E-state index in [4.69, 9.17) is 9.47 Å². The predicted octanol–water partition coefficient (Wildman–Crippen LogP) is 3.55. The topological polar surface area (TPSA) is 93.7 Å². The Morgan fingerprint density at radius 2 is 1.60 bits per heavy atom. The van der Waals surface area contributed by atoms with Crippen molar-refractivity contribution in [1.82, 2.24) is 10.6 Å². The molecule has 0 spiro atoms. The fraction of sp³-hybridized carbons (Fsp3) is 0.870. The highest BCUT2D eigenvalue weighted by atomic mass is 16.8. The number of carbonyl (C=O) groups excluding carboxylic acids is 3. The summed E-state index contributed by atoms with van der Waals surface area (Å²) in [4.78, 5) is 38.0. The Kier molecular flexibility index (Phi) is 9.79. The van der Waals surface area contributed by atoms with Crippen molar-refractivity contribution in [3.8, 4) is 0 Å². The summed E-state index contributed by atoms with van der Waals surface area (Å²) in [5, 5.41) is 5.47. The molecule has 0 bridgehead atoms. The van der Waals surface area contributed by atoms with Gasteiger partial charge in [0, 0.05) is 20.9 Å². The molecule has 1 fully saturated rings. The molecule has 1 saturated heterocycles. The van der Waals surface area contributed by atoms with Crippen molar-refractivity contribution in [1.29, 1.82) is 0 Å². The van der Waals surface area contributed by atoms with E-state index >= 15 is 0 Å². The number of hydrogen-bond acceptors (Lipinski definition) is 5. The van der Waals surface area contributed by atoms with Crippen LogP contribution in [0.3, 0.4) is 0 Å². The maximum Gasteiger partial charge on any atom is 0.338 e. The SMILES string of the molecule is CNC(=O)[C@@H](NC(=O)[C@H](CCCCCCC(C)C)[C@@H]1OC(C)(C)OC1=O)C(C)(C)C. The van der Waals surface area contributed by atoms with E-state index in [0.717, 1.165) is 25.7 Å². The highest BCUT2D eigenvalue weighted by Gasteiger charge is 2.48. The number of amides is 2. The largest absolute Gasteiger partial charge is 0.432 e. The second-order valence-electron chi connectivity index (χ2n) is 10.3. The molecule has 7 heteroatoms. The molecule has 0 aliphatic carbocycles. The molecule has 0 unspecified atom stereocenters. The molecule has 7 nitrogen and oxygen atoms in total. The van der Waals surface area contributed by atoms with Crippen molar-refractivity contribution in [2.75, 3.05) is 7.05 Å². The fourth-order valence-corrected chi connectivity index (χ4v) is 3.68. The van der Waals surface area contributed by atoms with E-state index < -0.39 is 35.2 Å². The number of likely N-dealkylation sites (N-methyl/N-ethyl adjacent to an activating group) is 1. The van der Waals surface area contributed by atoms with Crippen LogP contribution in [0.5, 0.6) is 0 Å². The number of ether oxygens (including phenoxy) is 2. The second kappa shape index (κ2) is 11.1. The van der Waals surface area contributed by atoms with Crippen LogP contribution < -0.4 is 10.6 Å². The normalized spacial score (nSPS) is 20.6. The lowest BCUT2D eigenvalue weighted by atomic mass is 9.85. The van der Waals surface area contributed by atoms with Gasteiger partial charge in [-0.1, -0.05) is 66.7 Å². The number of esters is 1. The molecule has 1 aliphatic rings. The van der Waals surface area contributed by atoms with Crippen molar-refractivity contribution < 1.29 is 23.9 Å². The molecular formula is C23H42N2O5. The average molecular weight is 427 g/mol. The van der Waals surface area contributed by atoms with Gasteiger partial charge in [-0.25, -0.2) is 4.79 Å². The van der Waals surface area contributed by atoms with Gasteiger partial charge in [0.2, 0.25) is 17.6 Å². The van der Waals surface area contributed by atoms with Crippen LogP contribution in [-0.2, 0) is 23.9 Å². The summed E-state index contributed by atoms with van der Waals surface area (Å²) in [5.74, 6) is -2.20. The van der Waals surface area contributed by atoms with E-state index in [9.17, 15) is 14.4 Å². The summed E-state index contributed by atoms with van der Waals surface area (Å²) >= 11 is 0. The molecule has 0 aromatic carbocycles. The molecule has 0 saturated carbocycles. The van der Waals surface area contributed by atoms with Gasteiger partial charge in [-0.05, 0) is 17.8 Å². The Hall–Kier alpha value is -1.63. The van der Waals surface area contributed by atoms with Crippen molar-refractivity contribution in [2.24, 2.45) is 17.3 Å². The zero-order valence-corrected chi connectivity index (χ0v) is 20.1. The van der Waals surface area contributed by atoms with Crippen LogP contribution in [0, 0.1) is 17.3 Å². The standard InChI is InChI=1S/C23H42N2O5/c1-15(2)13-11-9-10-12-14-16(17-21(28)30-23(6,7)29-17)19(26)25-18(20(27)24-8)22(3,4)5/h15-18H,9-14H2,1-8H3,(H,24,27)(H,25,26)/t16-,17+,18-/m1/s1. The third kappa shape index (κ3) is 8.25. The van der Waals surface area contributed by atoms with Gasteiger partial charge in [0.15, 0.2) is 6.10 Å². The van der Waals surface area contributed by atoms with Crippen LogP contribution in [0.4, 0.5) is 0 Å². The number of hydrogen-bond donors (Lipinski definition) is 2. The summed E-state index contributed by atoms with van der Waals surface area (Å²) < 4.78 is 11.1. The molecule has 2 amide bonds. The molecular weight excluding hydrogens is 384 g/mol. The number of rotatable bonds is 11. The average Bonchev–Trinajstić information content (AvgIpc) is 2.89. The summed E-state index contributed by atoms with van der Waals surface area (Å²) in [6.45, 7) is 13.4. The number of nitrogens with one attached hydrogen (secondary N) is 2. The van der Waals surface area contributed by atoms with Gasteiger partial charge in [-0.3, -0.25) is 9.59 Å². The fourth-order valence-electron chi connectivity index (χ4n) is 3.68. The van der Waals surface area contributed by atoms with Crippen LogP contribution >= 0.6 is 0 Å². The van der Waals surface area contributed by atoms with Crippen LogP contribution in [0.2, 0.25) is 0 Å². The van der Waals surface area contributed by atoms with Crippen LogP contribution in [0.1, 0.15) is 87.0 Å². The zero-order chi connectivity index (χ0) is 23.1. The quantitative estimate of drug-likeness (QED) is 0.389. The van der Waals surface area contributed by atoms with Crippen molar-refractivity contribution in [3.63, 3.8) is 0 Å². The van der Waals surface area contributed by atoms with E-state index in [-0.39, 0.29) is 11.8 Å². The molecule has 1 heterocycles. The minimum atomic E-state index is -1.05. The molecule has 0 aromatic heterocycles. The minimum Gasteiger partial charge on any atom is -0.432 e. The summed E-state index contributed by atoms with van der Waals surface area (Å²) in [6.07, 6.45) is 4.79. The third-order valence-electron chi connectivity index (χ3n) is 5.40. The first-order valence-corrected chi connectivity index (χ1v) is 11.2. The van der Waals surface area contributed by atoms with Gasteiger partial charge in [0.25, 0.3) is 0 Å². The number of cyclic esters (lactones) is 1. The summed E-state index contributed by atoms with van der Waals surface area (Å²) in [5.41, 5.74) is -0.479. The van der Waals surface area contributed by atoms with Gasteiger partial charge < -0.3 is 20.1 Å². The molecule has 0 aromatic rings. The third-order valence-corrected chi connectivity index (χ3v) is 5.40. The maximum absolute atomic E-state index is 13.2. The van der Waals surface area contributed by atoms with Crippen molar-refractivity contribution in [2.45, 2.75) is 105 Å². The highest BCUT2D eigenvalue weighted by molar-refractivity contribution is 5.92. The first kappa shape index (κ1) is 26.4. The molecule has 174 valence electrons. The van der Waals surface area contributed by atoms with Crippen molar-refractivity contribution >= 4 is 17.8 Å². The molecule has 1 aliphatic heterocycles. The summed E-state index contributed by atoms with van der Waals surface area (Å²) in [6, 6.07) is -0.714. The van der Waals surface area contributed by atoms with E-state index in [0.29, 0.717) is 12.3 Å². The summed E-state index contributed by atoms with van der Waals surface area (Å²) in [7, 11) is 1.54. The molecule has 3 atom stereocenters. The van der Waals surface area contributed by atoms with E-state index in [1.807, 2.05) is 20.8 Å². The smallest absolute Gasteiger partial charge is 0.338 e. The lowest BCUT2D eigenvalue weighted by Gasteiger charge is -2.32. The van der Waals surface area contributed by atoms with E-state index in [1.54, 1.807) is 20.9 Å². The van der Waals surface area contributed by atoms with Crippen LogP contribution in [-0.4, -0.2) is 42.8 Å². The second-order valence-corrected chi connectivity index (χ2v) is 10.3. The predicted molar refractivity (Wildman–Crippen MR) is 117 cm³/mol. The minimum absolute atomic E-state index is 0.265. The van der Waals surface area contributed by atoms with E-state index in [1.165, 1.54) is 6.42 Å². The van der Waals surface area contributed by atoms with Crippen LogP contribution in [0.15, 0.2) is 0 Å². The van der Waals surface area contributed by atoms with Gasteiger partial charge in [0.05, 0.1) is 5.92 Å². The Morgan fingerprint density at radius 1 is 1.03 bits per heavy atom. The van der Waals surface area contributed by atoms with Crippen LogP contribution in [0.25, 0.3) is 0 Å². The first-order valence-electron chi connectivity index (χ1n) is 11.2. The molecule has 30 heavy (non-hydrogen) atoms.